The quantitative estimate of drug-likeness (QED) is 0.839. The fourth-order valence-corrected chi connectivity index (χ4v) is 3.86. The zero-order valence-corrected chi connectivity index (χ0v) is 14.6. The van der Waals surface area contributed by atoms with Gasteiger partial charge in [-0.3, -0.25) is 0 Å². The maximum Gasteiger partial charge on any atom is 0.146 e. The molecule has 0 atom stereocenters. The van der Waals surface area contributed by atoms with Crippen molar-refractivity contribution in [2.75, 3.05) is 31.1 Å². The molecule has 0 aliphatic carbocycles. The van der Waals surface area contributed by atoms with Crippen LogP contribution in [0.2, 0.25) is 0 Å². The monoisotopic (exact) mass is 322 g/mol. The van der Waals surface area contributed by atoms with Crippen LogP contribution in [0.4, 0.5) is 10.1 Å². The molecule has 0 amide bonds. The van der Waals surface area contributed by atoms with Crippen molar-refractivity contribution < 1.29 is 4.39 Å². The molecule has 122 valence electrons. The van der Waals surface area contributed by atoms with E-state index < -0.39 is 0 Å². The number of nitrogens with zero attached hydrogens (tertiary/aromatic N) is 2. The van der Waals surface area contributed by atoms with Gasteiger partial charge in [0, 0.05) is 23.9 Å². The Hall–Kier alpha value is -0.740. The lowest BCUT2D eigenvalue weighted by molar-refractivity contribution is 0.207. The third kappa shape index (κ3) is 3.43. The van der Waals surface area contributed by atoms with E-state index in [2.05, 4.69) is 22.4 Å². The molecule has 0 bridgehead atoms. The van der Waals surface area contributed by atoms with Crippen molar-refractivity contribution >= 4 is 18.3 Å². The van der Waals surface area contributed by atoms with Crippen LogP contribution in [-0.4, -0.2) is 37.1 Å². The fourth-order valence-electron chi connectivity index (χ4n) is 3.72. The number of likely N-dealkylation sites (tertiary alicyclic amines) is 1. The highest BCUT2D eigenvalue weighted by atomic mass is 32.1. The maximum atomic E-state index is 14.5. The van der Waals surface area contributed by atoms with Crippen LogP contribution in [0.25, 0.3) is 0 Å². The van der Waals surface area contributed by atoms with Crippen molar-refractivity contribution in [1.29, 1.82) is 0 Å². The Bertz CT molecular complexity index is 512. The largest absolute Gasteiger partial charge is 0.369 e. The Morgan fingerprint density at radius 3 is 2.27 bits per heavy atom. The molecule has 2 aliphatic rings. The van der Waals surface area contributed by atoms with Crippen LogP contribution in [0.5, 0.6) is 0 Å². The van der Waals surface area contributed by atoms with Crippen molar-refractivity contribution in [3.63, 3.8) is 0 Å². The number of hydrogen-bond acceptors (Lipinski definition) is 3. The SMILES string of the molecule is CC(C)(S)c1ccc(N2CCC(N3CCCC3)CC2)c(F)c1. The molecule has 1 aromatic rings. The highest BCUT2D eigenvalue weighted by molar-refractivity contribution is 7.81. The summed E-state index contributed by atoms with van der Waals surface area (Å²) >= 11 is 4.53. The van der Waals surface area contributed by atoms with Crippen LogP contribution in [-0.2, 0) is 4.75 Å². The molecule has 22 heavy (non-hydrogen) atoms. The van der Waals surface area contributed by atoms with Crippen molar-refractivity contribution in [3.05, 3.63) is 29.6 Å². The van der Waals surface area contributed by atoms with Gasteiger partial charge in [0.15, 0.2) is 0 Å². The number of halogens is 1. The first-order valence-electron chi connectivity index (χ1n) is 8.46. The number of hydrogen-bond donors (Lipinski definition) is 1. The molecule has 2 fully saturated rings. The number of rotatable bonds is 3. The molecule has 0 spiro atoms. The molecule has 0 aromatic heterocycles. The van der Waals surface area contributed by atoms with E-state index in [-0.39, 0.29) is 10.6 Å². The highest BCUT2D eigenvalue weighted by Gasteiger charge is 2.27. The molecule has 1 aromatic carbocycles. The average molecular weight is 322 g/mol. The van der Waals surface area contributed by atoms with Gasteiger partial charge in [-0.15, -0.1) is 0 Å². The lowest BCUT2D eigenvalue weighted by Crippen LogP contribution is -2.44. The Morgan fingerprint density at radius 1 is 1.09 bits per heavy atom. The van der Waals surface area contributed by atoms with Gasteiger partial charge in [-0.1, -0.05) is 6.07 Å². The van der Waals surface area contributed by atoms with Gasteiger partial charge in [-0.2, -0.15) is 12.6 Å². The molecule has 2 aliphatic heterocycles. The average Bonchev–Trinajstić information content (AvgIpc) is 3.01. The van der Waals surface area contributed by atoms with Crippen molar-refractivity contribution in [1.82, 2.24) is 4.90 Å². The summed E-state index contributed by atoms with van der Waals surface area (Å²) in [4.78, 5) is 4.83. The second-order valence-electron chi connectivity index (χ2n) is 7.19. The van der Waals surface area contributed by atoms with Gasteiger partial charge in [0.2, 0.25) is 0 Å². The van der Waals surface area contributed by atoms with Gasteiger partial charge in [-0.25, -0.2) is 4.39 Å². The Morgan fingerprint density at radius 2 is 1.73 bits per heavy atom. The van der Waals surface area contributed by atoms with E-state index in [1.807, 2.05) is 26.0 Å². The van der Waals surface area contributed by atoms with E-state index in [1.54, 1.807) is 6.07 Å². The smallest absolute Gasteiger partial charge is 0.146 e. The molecule has 0 radical (unpaired) electrons. The predicted octanol–water partition coefficient (Wildman–Crippen LogP) is 4.06. The Labute approximate surface area is 139 Å². The topological polar surface area (TPSA) is 6.48 Å². The molecule has 0 N–H and O–H groups in total. The first kappa shape index (κ1) is 16.1. The molecule has 4 heteroatoms. The number of piperidine rings is 1. The van der Waals surface area contributed by atoms with Crippen molar-refractivity contribution in [2.45, 2.75) is 50.3 Å². The van der Waals surface area contributed by atoms with Gasteiger partial charge in [0.25, 0.3) is 0 Å². The first-order chi connectivity index (χ1) is 10.4. The number of benzene rings is 1. The summed E-state index contributed by atoms with van der Waals surface area (Å²) in [5.74, 6) is -0.112. The van der Waals surface area contributed by atoms with E-state index >= 15 is 0 Å². The van der Waals surface area contributed by atoms with Crippen LogP contribution in [0.3, 0.4) is 0 Å². The number of anilines is 1. The van der Waals surface area contributed by atoms with E-state index in [0.717, 1.165) is 37.2 Å². The highest BCUT2D eigenvalue weighted by Crippen LogP contribution is 2.32. The molecule has 3 rings (SSSR count). The van der Waals surface area contributed by atoms with Crippen molar-refractivity contribution in [2.24, 2.45) is 0 Å². The molecule has 2 heterocycles. The molecular weight excluding hydrogens is 295 g/mol. The summed E-state index contributed by atoms with van der Waals surface area (Å²) in [6, 6.07) is 6.29. The third-order valence-corrected chi connectivity index (χ3v) is 5.37. The van der Waals surface area contributed by atoms with Gasteiger partial charge in [0.1, 0.15) is 5.82 Å². The van der Waals surface area contributed by atoms with Gasteiger partial charge < -0.3 is 9.80 Å². The zero-order valence-electron chi connectivity index (χ0n) is 13.7. The third-order valence-electron chi connectivity index (χ3n) is 5.12. The summed E-state index contributed by atoms with van der Waals surface area (Å²) in [6.45, 7) is 8.41. The lowest BCUT2D eigenvalue weighted by atomic mass is 9.99. The van der Waals surface area contributed by atoms with Crippen molar-refractivity contribution in [3.8, 4) is 0 Å². The lowest BCUT2D eigenvalue weighted by Gasteiger charge is -2.38. The zero-order chi connectivity index (χ0) is 15.7. The van der Waals surface area contributed by atoms with E-state index in [4.69, 9.17) is 0 Å². The van der Waals surface area contributed by atoms with Crippen LogP contribution in [0.1, 0.15) is 45.1 Å². The molecule has 0 saturated carbocycles. The summed E-state index contributed by atoms with van der Waals surface area (Å²) in [7, 11) is 0. The summed E-state index contributed by atoms with van der Waals surface area (Å²) in [5, 5.41) is 0. The molecular formula is C18H27FN2S. The molecule has 2 saturated heterocycles. The van der Waals surface area contributed by atoms with Crippen LogP contribution in [0, 0.1) is 5.82 Å². The second-order valence-corrected chi connectivity index (χ2v) is 8.30. The standard InChI is InChI=1S/C18H27FN2S/c1-18(2,22)14-5-6-17(16(19)13-14)21-11-7-15(8-12-21)20-9-3-4-10-20/h5-6,13,15,22H,3-4,7-12H2,1-2H3. The minimum Gasteiger partial charge on any atom is -0.369 e. The maximum absolute atomic E-state index is 14.5. The van der Waals surface area contributed by atoms with E-state index in [0.29, 0.717) is 6.04 Å². The first-order valence-corrected chi connectivity index (χ1v) is 8.91. The fraction of sp³-hybridized carbons (Fsp3) is 0.667. The second kappa shape index (κ2) is 6.40. The summed E-state index contributed by atoms with van der Waals surface area (Å²) in [6.07, 6.45) is 4.99. The van der Waals surface area contributed by atoms with Crippen LogP contribution in [0.15, 0.2) is 18.2 Å². The summed E-state index contributed by atoms with van der Waals surface area (Å²) in [5.41, 5.74) is 1.69. The summed E-state index contributed by atoms with van der Waals surface area (Å²) < 4.78 is 14.2. The normalized spacial score (nSPS) is 21.5. The van der Waals surface area contributed by atoms with Crippen LogP contribution < -0.4 is 4.90 Å². The van der Waals surface area contributed by atoms with Gasteiger partial charge in [-0.05, 0) is 70.3 Å². The Balaban J connectivity index is 1.66. The van der Waals surface area contributed by atoms with E-state index in [9.17, 15) is 4.39 Å². The van der Waals surface area contributed by atoms with Gasteiger partial charge >= 0.3 is 0 Å². The minimum absolute atomic E-state index is 0.112. The van der Waals surface area contributed by atoms with Crippen LogP contribution >= 0.6 is 12.6 Å². The minimum atomic E-state index is -0.303. The molecule has 0 unspecified atom stereocenters. The van der Waals surface area contributed by atoms with Gasteiger partial charge in [0.05, 0.1) is 5.69 Å². The predicted molar refractivity (Wildman–Crippen MR) is 94.5 cm³/mol. The van der Waals surface area contributed by atoms with E-state index in [1.165, 1.54) is 25.9 Å². The Kier molecular flexibility index (Phi) is 4.69. The number of thiol groups is 1. The molecule has 2 nitrogen and oxygen atoms in total.